The third-order valence-electron chi connectivity index (χ3n) is 2.81. The highest BCUT2D eigenvalue weighted by Crippen LogP contribution is 2.30. The summed E-state index contributed by atoms with van der Waals surface area (Å²) in [6.45, 7) is 8.92. The molecular weight excluding hydrogens is 248 g/mol. The minimum absolute atomic E-state index is 0.107. The van der Waals surface area contributed by atoms with Gasteiger partial charge < -0.3 is 9.30 Å². The van der Waals surface area contributed by atoms with Gasteiger partial charge in [-0.3, -0.25) is 0 Å². The summed E-state index contributed by atoms with van der Waals surface area (Å²) in [5.74, 6) is 1.72. The van der Waals surface area contributed by atoms with E-state index in [1.807, 2.05) is 32.9 Å². The van der Waals surface area contributed by atoms with Gasteiger partial charge in [-0.2, -0.15) is 0 Å². The predicted octanol–water partition coefficient (Wildman–Crippen LogP) is 4.14. The van der Waals surface area contributed by atoms with Crippen molar-refractivity contribution in [3.05, 3.63) is 24.0 Å². The van der Waals surface area contributed by atoms with Gasteiger partial charge in [-0.15, -0.1) is 11.6 Å². The Balaban J connectivity index is 2.63. The van der Waals surface area contributed by atoms with Crippen LogP contribution in [0.1, 0.15) is 38.9 Å². The molecule has 1 aromatic carbocycles. The van der Waals surface area contributed by atoms with E-state index in [2.05, 4.69) is 22.5 Å². The number of aryl methyl sites for hydroxylation is 1. The first-order valence-electron chi connectivity index (χ1n) is 6.34. The molecule has 1 aromatic heterocycles. The smallest absolute Gasteiger partial charge is 0.147 e. The summed E-state index contributed by atoms with van der Waals surface area (Å²) in [7, 11) is 0. The Labute approximate surface area is 113 Å². The van der Waals surface area contributed by atoms with Gasteiger partial charge in [-0.05, 0) is 39.8 Å². The average Bonchev–Trinajstić information content (AvgIpc) is 2.68. The van der Waals surface area contributed by atoms with Crippen LogP contribution in [0.25, 0.3) is 11.0 Å². The number of para-hydroxylation sites is 1. The molecule has 4 heteroatoms. The van der Waals surface area contributed by atoms with Crippen LogP contribution in [0.3, 0.4) is 0 Å². The van der Waals surface area contributed by atoms with Crippen LogP contribution in [0.5, 0.6) is 5.75 Å². The Morgan fingerprint density at radius 3 is 2.61 bits per heavy atom. The van der Waals surface area contributed by atoms with E-state index in [1.165, 1.54) is 0 Å². The number of rotatable bonds is 4. The Morgan fingerprint density at radius 1 is 1.33 bits per heavy atom. The molecule has 0 bridgehead atoms. The Bertz CT molecular complexity index is 546. The summed E-state index contributed by atoms with van der Waals surface area (Å²) in [5.41, 5.74) is 1.98. The molecular formula is C14H19ClN2O. The quantitative estimate of drug-likeness (QED) is 0.778. The van der Waals surface area contributed by atoms with Crippen molar-refractivity contribution >= 4 is 22.6 Å². The second kappa shape index (κ2) is 5.19. The van der Waals surface area contributed by atoms with Crippen LogP contribution in [0.4, 0.5) is 0 Å². The number of hydrogen-bond donors (Lipinski definition) is 0. The first-order chi connectivity index (χ1) is 8.54. The van der Waals surface area contributed by atoms with Crippen molar-refractivity contribution in [1.29, 1.82) is 0 Å². The molecule has 1 atom stereocenters. The molecule has 0 saturated carbocycles. The second-order valence-corrected chi connectivity index (χ2v) is 5.28. The van der Waals surface area contributed by atoms with E-state index in [1.54, 1.807) is 0 Å². The maximum absolute atomic E-state index is 6.19. The van der Waals surface area contributed by atoms with Crippen molar-refractivity contribution in [1.82, 2.24) is 9.55 Å². The van der Waals surface area contributed by atoms with E-state index >= 15 is 0 Å². The molecule has 0 aliphatic carbocycles. The van der Waals surface area contributed by atoms with Crippen LogP contribution in [0, 0.1) is 0 Å². The summed E-state index contributed by atoms with van der Waals surface area (Å²) in [5, 5.41) is -0.107. The minimum atomic E-state index is -0.107. The lowest BCUT2D eigenvalue weighted by atomic mass is 10.3. The van der Waals surface area contributed by atoms with Crippen molar-refractivity contribution in [3.8, 4) is 5.75 Å². The zero-order chi connectivity index (χ0) is 13.3. The first kappa shape index (κ1) is 13.2. The van der Waals surface area contributed by atoms with Crippen molar-refractivity contribution in [3.63, 3.8) is 0 Å². The molecule has 0 spiro atoms. The minimum Gasteiger partial charge on any atom is -0.489 e. The van der Waals surface area contributed by atoms with Gasteiger partial charge in [0.2, 0.25) is 0 Å². The molecule has 1 heterocycles. The molecule has 1 unspecified atom stereocenters. The lowest BCUT2D eigenvalue weighted by molar-refractivity contribution is 0.245. The molecule has 2 rings (SSSR count). The fourth-order valence-electron chi connectivity index (χ4n) is 2.12. The third-order valence-corrected chi connectivity index (χ3v) is 3.00. The molecule has 3 nitrogen and oxygen atoms in total. The van der Waals surface area contributed by atoms with Gasteiger partial charge in [-0.1, -0.05) is 6.07 Å². The van der Waals surface area contributed by atoms with Gasteiger partial charge in [0.25, 0.3) is 0 Å². The van der Waals surface area contributed by atoms with E-state index in [0.717, 1.165) is 29.2 Å². The molecule has 0 amide bonds. The molecule has 0 N–H and O–H groups in total. The number of nitrogens with zero attached hydrogens (tertiary/aromatic N) is 2. The van der Waals surface area contributed by atoms with Crippen molar-refractivity contribution in [2.45, 2.75) is 45.7 Å². The molecule has 98 valence electrons. The van der Waals surface area contributed by atoms with Gasteiger partial charge in [0.15, 0.2) is 0 Å². The molecule has 0 radical (unpaired) electrons. The Morgan fingerprint density at radius 2 is 2.06 bits per heavy atom. The zero-order valence-corrected chi connectivity index (χ0v) is 12.0. The molecule has 0 aliphatic rings. The van der Waals surface area contributed by atoms with Crippen molar-refractivity contribution in [2.75, 3.05) is 0 Å². The number of benzene rings is 1. The van der Waals surface area contributed by atoms with Crippen molar-refractivity contribution < 1.29 is 4.74 Å². The van der Waals surface area contributed by atoms with Gasteiger partial charge >= 0.3 is 0 Å². The van der Waals surface area contributed by atoms with E-state index in [9.17, 15) is 0 Å². The van der Waals surface area contributed by atoms with Gasteiger partial charge in [0.05, 0.1) is 17.0 Å². The van der Waals surface area contributed by atoms with Crippen LogP contribution >= 0.6 is 11.6 Å². The molecule has 0 aliphatic heterocycles. The first-order valence-corrected chi connectivity index (χ1v) is 6.78. The standard InChI is InChI=1S/C14H19ClN2O/c1-5-17-11-7-6-8-12(18-9(2)3)13(11)16-14(17)10(4)15/h6-10H,5H2,1-4H3. The van der Waals surface area contributed by atoms with Gasteiger partial charge in [0, 0.05) is 6.54 Å². The predicted molar refractivity (Wildman–Crippen MR) is 75.4 cm³/mol. The number of hydrogen-bond acceptors (Lipinski definition) is 2. The van der Waals surface area contributed by atoms with E-state index in [-0.39, 0.29) is 11.5 Å². The summed E-state index contributed by atoms with van der Waals surface area (Å²) in [6.07, 6.45) is 0.138. The second-order valence-electron chi connectivity index (χ2n) is 4.62. The number of ether oxygens (including phenoxy) is 1. The van der Waals surface area contributed by atoms with Crippen molar-refractivity contribution in [2.24, 2.45) is 0 Å². The number of aromatic nitrogens is 2. The van der Waals surface area contributed by atoms with Crippen LogP contribution in [0.15, 0.2) is 18.2 Å². The zero-order valence-electron chi connectivity index (χ0n) is 11.3. The number of imidazole rings is 1. The SMILES string of the molecule is CCn1c(C(C)Cl)nc2c(OC(C)C)cccc21. The molecule has 18 heavy (non-hydrogen) atoms. The van der Waals surface area contributed by atoms with Crippen LogP contribution in [-0.4, -0.2) is 15.7 Å². The van der Waals surface area contributed by atoms with E-state index in [4.69, 9.17) is 16.3 Å². The normalized spacial score (nSPS) is 13.2. The molecule has 0 saturated heterocycles. The lowest BCUT2D eigenvalue weighted by Crippen LogP contribution is -2.05. The highest BCUT2D eigenvalue weighted by molar-refractivity contribution is 6.20. The fraction of sp³-hybridized carbons (Fsp3) is 0.500. The summed E-state index contributed by atoms with van der Waals surface area (Å²) in [4.78, 5) is 4.64. The lowest BCUT2D eigenvalue weighted by Gasteiger charge is -2.10. The molecule has 0 fully saturated rings. The Hall–Kier alpha value is -1.22. The highest BCUT2D eigenvalue weighted by Gasteiger charge is 2.16. The molecule has 2 aromatic rings. The largest absolute Gasteiger partial charge is 0.489 e. The number of alkyl halides is 1. The van der Waals surface area contributed by atoms with Gasteiger partial charge in [-0.25, -0.2) is 4.98 Å². The average molecular weight is 267 g/mol. The maximum atomic E-state index is 6.19. The number of fused-ring (bicyclic) bond motifs is 1. The summed E-state index contributed by atoms with van der Waals surface area (Å²) in [6, 6.07) is 6.01. The third kappa shape index (κ3) is 2.32. The van der Waals surface area contributed by atoms with E-state index < -0.39 is 0 Å². The summed E-state index contributed by atoms with van der Waals surface area (Å²) >= 11 is 6.19. The fourth-order valence-corrected chi connectivity index (χ4v) is 2.29. The van der Waals surface area contributed by atoms with E-state index in [0.29, 0.717) is 0 Å². The summed E-state index contributed by atoms with van der Waals surface area (Å²) < 4.78 is 7.94. The monoisotopic (exact) mass is 266 g/mol. The highest BCUT2D eigenvalue weighted by atomic mass is 35.5. The Kier molecular flexibility index (Phi) is 3.81. The van der Waals surface area contributed by atoms with Crippen LogP contribution in [0.2, 0.25) is 0 Å². The van der Waals surface area contributed by atoms with Crippen LogP contribution in [-0.2, 0) is 6.54 Å². The maximum Gasteiger partial charge on any atom is 0.147 e. The van der Waals surface area contributed by atoms with Gasteiger partial charge in [0.1, 0.15) is 17.1 Å². The number of halogens is 1. The van der Waals surface area contributed by atoms with Crippen LogP contribution < -0.4 is 4.74 Å². The topological polar surface area (TPSA) is 27.1 Å².